The summed E-state index contributed by atoms with van der Waals surface area (Å²) in [7, 11) is 0. The molecule has 3 aromatic carbocycles. The van der Waals surface area contributed by atoms with Crippen molar-refractivity contribution in [3.63, 3.8) is 0 Å². The first-order valence-corrected chi connectivity index (χ1v) is 13.1. The number of nitrogens with zero attached hydrogens (tertiary/aromatic N) is 1. The smallest absolute Gasteiger partial charge is 0.270 e. The maximum atomic E-state index is 13.1. The number of hydrogen-bond donors (Lipinski definition) is 1. The molecule has 190 valence electrons. The number of anilines is 2. The number of rotatable bonds is 8. The van der Waals surface area contributed by atoms with E-state index >= 15 is 0 Å². The van der Waals surface area contributed by atoms with Crippen LogP contribution in [0, 0.1) is 20.8 Å². The first kappa shape index (κ1) is 26.4. The van der Waals surface area contributed by atoms with E-state index in [0.717, 1.165) is 33.6 Å². The van der Waals surface area contributed by atoms with Gasteiger partial charge in [-0.25, -0.2) is 0 Å². The molecule has 1 aliphatic rings. The first-order valence-electron chi connectivity index (χ1n) is 11.9. The normalized spacial score (nSPS) is 14.3. The fourth-order valence-corrected chi connectivity index (χ4v) is 5.24. The van der Waals surface area contributed by atoms with Crippen LogP contribution in [0.3, 0.4) is 0 Å². The van der Waals surface area contributed by atoms with Crippen LogP contribution in [0.25, 0.3) is 6.08 Å². The lowest BCUT2D eigenvalue weighted by atomic mass is 10.1. The van der Waals surface area contributed by atoms with Gasteiger partial charge in [-0.1, -0.05) is 60.4 Å². The molecule has 4 rings (SSSR count). The van der Waals surface area contributed by atoms with Gasteiger partial charge in [-0.2, -0.15) is 0 Å². The maximum absolute atomic E-state index is 13.1. The number of amides is 2. The van der Waals surface area contributed by atoms with Gasteiger partial charge in [-0.3, -0.25) is 14.5 Å². The Hall–Kier alpha value is -3.62. The lowest BCUT2D eigenvalue weighted by Crippen LogP contribution is -2.27. The molecular weight excluding hydrogens is 504 g/mol. The van der Waals surface area contributed by atoms with Gasteiger partial charge in [-0.15, -0.1) is 0 Å². The van der Waals surface area contributed by atoms with Gasteiger partial charge >= 0.3 is 0 Å². The van der Waals surface area contributed by atoms with Crippen LogP contribution < -0.4 is 19.7 Å². The average Bonchev–Trinajstić information content (AvgIpc) is 3.13. The predicted octanol–water partition coefficient (Wildman–Crippen LogP) is 6.43. The second-order valence-corrected chi connectivity index (χ2v) is 10.3. The Balaban J connectivity index is 1.49. The molecule has 1 heterocycles. The zero-order valence-electron chi connectivity index (χ0n) is 21.2. The molecule has 0 atom stereocenters. The van der Waals surface area contributed by atoms with Gasteiger partial charge in [0.25, 0.3) is 11.8 Å². The quantitative estimate of drug-likeness (QED) is 0.266. The van der Waals surface area contributed by atoms with Crippen LogP contribution in [0.1, 0.15) is 29.2 Å². The summed E-state index contributed by atoms with van der Waals surface area (Å²) in [6, 6.07) is 18.9. The number of ether oxygens (including phenoxy) is 2. The van der Waals surface area contributed by atoms with Crippen LogP contribution in [-0.4, -0.2) is 29.3 Å². The molecule has 1 aliphatic heterocycles. The van der Waals surface area contributed by atoms with E-state index in [9.17, 15) is 9.59 Å². The number of nitrogens with one attached hydrogen (secondary N) is 1. The second kappa shape index (κ2) is 11.6. The Labute approximate surface area is 226 Å². The number of para-hydroxylation sites is 1. The summed E-state index contributed by atoms with van der Waals surface area (Å²) in [6.45, 7) is 8.00. The number of thiocarbonyl (C=S) groups is 1. The number of carbonyl (C=O) groups excluding carboxylic acids is 2. The van der Waals surface area contributed by atoms with Gasteiger partial charge in [0.2, 0.25) is 0 Å². The third kappa shape index (κ3) is 6.21. The van der Waals surface area contributed by atoms with Crippen molar-refractivity contribution in [2.24, 2.45) is 0 Å². The zero-order valence-corrected chi connectivity index (χ0v) is 22.8. The van der Waals surface area contributed by atoms with Crippen LogP contribution in [0.4, 0.5) is 11.4 Å². The summed E-state index contributed by atoms with van der Waals surface area (Å²) in [5.41, 5.74) is 5.33. The molecule has 0 unspecified atom stereocenters. The SMILES string of the molecule is CCOc1cc(/C=C2\SC(=S)N(c3cccc(C)c3)C2=O)ccc1OCC(=O)Nc1c(C)cccc1C. The predicted molar refractivity (Wildman–Crippen MR) is 154 cm³/mol. The van der Waals surface area contributed by atoms with Crippen LogP contribution >= 0.6 is 24.0 Å². The summed E-state index contributed by atoms with van der Waals surface area (Å²) in [5.74, 6) is 0.513. The van der Waals surface area contributed by atoms with Gasteiger partial charge in [0.05, 0.1) is 17.2 Å². The van der Waals surface area contributed by atoms with Gasteiger partial charge in [0, 0.05) is 5.69 Å². The zero-order chi connectivity index (χ0) is 26.5. The van der Waals surface area contributed by atoms with Crippen LogP contribution in [-0.2, 0) is 9.59 Å². The van der Waals surface area contributed by atoms with E-state index in [4.69, 9.17) is 21.7 Å². The first-order chi connectivity index (χ1) is 17.8. The summed E-state index contributed by atoms with van der Waals surface area (Å²) < 4.78 is 12.1. The summed E-state index contributed by atoms with van der Waals surface area (Å²) in [5, 5.41) is 2.92. The van der Waals surface area contributed by atoms with Crippen molar-refractivity contribution >= 4 is 57.6 Å². The minimum Gasteiger partial charge on any atom is -0.490 e. The molecule has 0 bridgehead atoms. The van der Waals surface area contributed by atoms with E-state index in [1.807, 2.05) is 76.2 Å². The Morgan fingerprint density at radius 3 is 2.43 bits per heavy atom. The standard InChI is InChI=1S/C29H28N2O4S2/c1-5-34-24-15-21(16-25-28(33)31(29(36)37-25)22-11-6-8-18(2)14-22)12-13-23(24)35-17-26(32)30-27-19(3)9-7-10-20(27)4/h6-16H,5,17H2,1-4H3,(H,30,32)/b25-16-. The molecule has 1 N–H and O–H groups in total. The molecular formula is C29H28N2O4S2. The summed E-state index contributed by atoms with van der Waals surface area (Å²) >= 11 is 6.75. The number of carbonyl (C=O) groups is 2. The third-order valence-corrected chi connectivity index (χ3v) is 7.03. The van der Waals surface area contributed by atoms with Gasteiger partial charge in [-0.05, 0) is 80.3 Å². The maximum Gasteiger partial charge on any atom is 0.270 e. The molecule has 3 aromatic rings. The average molecular weight is 533 g/mol. The monoisotopic (exact) mass is 532 g/mol. The minimum atomic E-state index is -0.260. The molecule has 6 nitrogen and oxygen atoms in total. The molecule has 37 heavy (non-hydrogen) atoms. The van der Waals surface area contributed by atoms with Crippen LogP contribution in [0.15, 0.2) is 65.6 Å². The number of benzene rings is 3. The van der Waals surface area contributed by atoms with Crippen molar-refractivity contribution in [2.45, 2.75) is 27.7 Å². The van der Waals surface area contributed by atoms with Crippen molar-refractivity contribution in [1.29, 1.82) is 0 Å². The van der Waals surface area contributed by atoms with Gasteiger partial charge < -0.3 is 14.8 Å². The molecule has 0 saturated carbocycles. The molecule has 2 amide bonds. The second-order valence-electron chi connectivity index (χ2n) is 8.60. The number of thioether (sulfide) groups is 1. The fraction of sp³-hybridized carbons (Fsp3) is 0.207. The molecule has 0 aliphatic carbocycles. The number of aryl methyl sites for hydroxylation is 3. The topological polar surface area (TPSA) is 67.9 Å². The largest absolute Gasteiger partial charge is 0.490 e. The highest BCUT2D eigenvalue weighted by Gasteiger charge is 2.33. The molecule has 0 aromatic heterocycles. The molecule has 1 fully saturated rings. The van der Waals surface area contributed by atoms with Gasteiger partial charge in [0.1, 0.15) is 0 Å². The molecule has 8 heteroatoms. The number of hydrogen-bond acceptors (Lipinski definition) is 6. The summed E-state index contributed by atoms with van der Waals surface area (Å²) in [4.78, 5) is 27.8. The van der Waals surface area contributed by atoms with E-state index in [0.29, 0.717) is 27.3 Å². The molecule has 1 saturated heterocycles. The van der Waals surface area contributed by atoms with E-state index in [1.54, 1.807) is 23.1 Å². The minimum absolute atomic E-state index is 0.164. The Kier molecular flexibility index (Phi) is 8.31. The molecule has 0 spiro atoms. The van der Waals surface area contributed by atoms with Crippen molar-refractivity contribution in [3.05, 3.63) is 87.8 Å². The fourth-order valence-electron chi connectivity index (χ4n) is 3.94. The van der Waals surface area contributed by atoms with Crippen LogP contribution in [0.5, 0.6) is 11.5 Å². The van der Waals surface area contributed by atoms with Crippen LogP contribution in [0.2, 0.25) is 0 Å². The Morgan fingerprint density at radius 1 is 1.00 bits per heavy atom. The summed E-state index contributed by atoms with van der Waals surface area (Å²) in [6.07, 6.45) is 1.79. The highest BCUT2D eigenvalue weighted by molar-refractivity contribution is 8.27. The highest BCUT2D eigenvalue weighted by Crippen LogP contribution is 2.37. The van der Waals surface area contributed by atoms with Crippen molar-refractivity contribution in [2.75, 3.05) is 23.4 Å². The highest BCUT2D eigenvalue weighted by atomic mass is 32.2. The molecule has 0 radical (unpaired) electrons. The Bertz CT molecular complexity index is 1380. The van der Waals surface area contributed by atoms with Crippen molar-refractivity contribution in [1.82, 2.24) is 0 Å². The van der Waals surface area contributed by atoms with Gasteiger partial charge in [0.15, 0.2) is 22.4 Å². The van der Waals surface area contributed by atoms with E-state index < -0.39 is 0 Å². The Morgan fingerprint density at radius 2 is 1.73 bits per heavy atom. The van der Waals surface area contributed by atoms with E-state index in [1.165, 1.54) is 11.8 Å². The lowest BCUT2D eigenvalue weighted by Gasteiger charge is -2.15. The van der Waals surface area contributed by atoms with E-state index in [-0.39, 0.29) is 18.4 Å². The van der Waals surface area contributed by atoms with E-state index in [2.05, 4.69) is 5.32 Å². The third-order valence-electron chi connectivity index (χ3n) is 5.72. The van der Waals surface area contributed by atoms with Crippen molar-refractivity contribution < 1.29 is 19.1 Å². The van der Waals surface area contributed by atoms with Crippen molar-refractivity contribution in [3.8, 4) is 11.5 Å². The lowest BCUT2D eigenvalue weighted by molar-refractivity contribution is -0.118.